The number of carbonyl (C=O) groups is 3. The quantitative estimate of drug-likeness (QED) is 0.457. The van der Waals surface area contributed by atoms with Crippen LogP contribution in [-0.4, -0.2) is 51.1 Å². The van der Waals surface area contributed by atoms with Crippen molar-refractivity contribution in [2.75, 3.05) is 44.0 Å². The SMILES string of the molecule is CCNC(=O)c1cccc(NCC(=O)Nc2ccc(C(=O)NCCOC)cc2)c1. The third-order valence-electron chi connectivity index (χ3n) is 3.94. The van der Waals surface area contributed by atoms with Gasteiger partial charge in [-0.15, -0.1) is 0 Å². The maximum Gasteiger partial charge on any atom is 0.251 e. The van der Waals surface area contributed by atoms with Crippen LogP contribution in [0, 0.1) is 0 Å². The van der Waals surface area contributed by atoms with E-state index in [0.29, 0.717) is 42.2 Å². The Morgan fingerprint density at radius 1 is 0.897 bits per heavy atom. The third-order valence-corrected chi connectivity index (χ3v) is 3.94. The minimum absolute atomic E-state index is 0.0398. The van der Waals surface area contributed by atoms with Gasteiger partial charge < -0.3 is 26.0 Å². The normalized spacial score (nSPS) is 10.1. The monoisotopic (exact) mass is 398 g/mol. The number of nitrogens with one attached hydrogen (secondary N) is 4. The molecule has 0 unspecified atom stereocenters. The van der Waals surface area contributed by atoms with E-state index in [1.54, 1.807) is 55.6 Å². The Labute approximate surface area is 170 Å². The van der Waals surface area contributed by atoms with Crippen molar-refractivity contribution in [1.82, 2.24) is 10.6 Å². The Balaban J connectivity index is 1.84. The molecule has 8 heteroatoms. The molecule has 3 amide bonds. The maximum absolute atomic E-state index is 12.2. The molecule has 154 valence electrons. The molecule has 2 aromatic carbocycles. The number of hydrogen-bond acceptors (Lipinski definition) is 5. The minimum Gasteiger partial charge on any atom is -0.383 e. The molecule has 29 heavy (non-hydrogen) atoms. The van der Waals surface area contributed by atoms with Crippen LogP contribution in [0.25, 0.3) is 0 Å². The molecule has 2 aromatic rings. The van der Waals surface area contributed by atoms with Crippen LogP contribution in [0.15, 0.2) is 48.5 Å². The molecule has 0 aliphatic heterocycles. The first kappa shape index (κ1) is 21.9. The molecule has 0 aliphatic rings. The van der Waals surface area contributed by atoms with Gasteiger partial charge in [0.1, 0.15) is 0 Å². The predicted molar refractivity (Wildman–Crippen MR) is 112 cm³/mol. The summed E-state index contributed by atoms with van der Waals surface area (Å²) in [6, 6.07) is 13.5. The Morgan fingerprint density at radius 2 is 1.62 bits per heavy atom. The number of rotatable bonds is 10. The van der Waals surface area contributed by atoms with Crippen molar-refractivity contribution in [3.63, 3.8) is 0 Å². The summed E-state index contributed by atoms with van der Waals surface area (Å²) in [5.74, 6) is -0.605. The van der Waals surface area contributed by atoms with Crippen molar-refractivity contribution < 1.29 is 19.1 Å². The maximum atomic E-state index is 12.2. The number of methoxy groups -OCH3 is 1. The second kappa shape index (κ2) is 11.5. The molecule has 0 atom stereocenters. The molecule has 4 N–H and O–H groups in total. The van der Waals surface area contributed by atoms with E-state index in [1.807, 2.05) is 6.92 Å². The zero-order chi connectivity index (χ0) is 21.1. The second-order valence-electron chi connectivity index (χ2n) is 6.17. The van der Waals surface area contributed by atoms with E-state index < -0.39 is 0 Å². The lowest BCUT2D eigenvalue weighted by Crippen LogP contribution is -2.27. The first-order valence-corrected chi connectivity index (χ1v) is 9.32. The number of carbonyl (C=O) groups excluding carboxylic acids is 3. The van der Waals surface area contributed by atoms with Crippen LogP contribution in [0.1, 0.15) is 27.6 Å². The molecule has 0 heterocycles. The highest BCUT2D eigenvalue weighted by atomic mass is 16.5. The van der Waals surface area contributed by atoms with Gasteiger partial charge in [0.05, 0.1) is 13.2 Å². The van der Waals surface area contributed by atoms with Gasteiger partial charge in [-0.3, -0.25) is 14.4 Å². The summed E-state index contributed by atoms with van der Waals surface area (Å²) in [5.41, 5.74) is 2.28. The van der Waals surface area contributed by atoms with Gasteiger partial charge in [-0.2, -0.15) is 0 Å². The van der Waals surface area contributed by atoms with E-state index >= 15 is 0 Å². The van der Waals surface area contributed by atoms with E-state index in [4.69, 9.17) is 4.74 Å². The summed E-state index contributed by atoms with van der Waals surface area (Å²) in [7, 11) is 1.57. The van der Waals surface area contributed by atoms with E-state index in [9.17, 15) is 14.4 Å². The molecule has 0 fully saturated rings. The number of anilines is 2. The topological polar surface area (TPSA) is 109 Å². The van der Waals surface area contributed by atoms with Crippen molar-refractivity contribution in [2.24, 2.45) is 0 Å². The lowest BCUT2D eigenvalue weighted by molar-refractivity contribution is -0.114. The van der Waals surface area contributed by atoms with Gasteiger partial charge in [0.15, 0.2) is 0 Å². The van der Waals surface area contributed by atoms with E-state index in [1.165, 1.54) is 0 Å². The summed E-state index contributed by atoms with van der Waals surface area (Å²) in [6.45, 7) is 3.31. The largest absolute Gasteiger partial charge is 0.383 e. The highest BCUT2D eigenvalue weighted by Crippen LogP contribution is 2.12. The average Bonchev–Trinajstić information content (AvgIpc) is 2.73. The molecule has 0 spiro atoms. The molecular weight excluding hydrogens is 372 g/mol. The van der Waals surface area contributed by atoms with E-state index in [2.05, 4.69) is 21.3 Å². The Kier molecular flexibility index (Phi) is 8.65. The van der Waals surface area contributed by atoms with Gasteiger partial charge in [-0.25, -0.2) is 0 Å². The molecule has 0 aliphatic carbocycles. The Hall–Kier alpha value is -3.39. The second-order valence-corrected chi connectivity index (χ2v) is 6.17. The van der Waals surface area contributed by atoms with E-state index in [-0.39, 0.29) is 24.3 Å². The fourth-order valence-electron chi connectivity index (χ4n) is 2.49. The third kappa shape index (κ3) is 7.27. The van der Waals surface area contributed by atoms with Crippen LogP contribution in [-0.2, 0) is 9.53 Å². The zero-order valence-corrected chi connectivity index (χ0v) is 16.6. The number of amides is 3. The lowest BCUT2D eigenvalue weighted by atomic mass is 10.2. The van der Waals surface area contributed by atoms with Crippen LogP contribution >= 0.6 is 0 Å². The predicted octanol–water partition coefficient (Wildman–Crippen LogP) is 1.86. The smallest absolute Gasteiger partial charge is 0.251 e. The van der Waals surface area contributed by atoms with Gasteiger partial charge >= 0.3 is 0 Å². The molecule has 0 saturated heterocycles. The molecule has 0 bridgehead atoms. The number of hydrogen-bond donors (Lipinski definition) is 4. The van der Waals surface area contributed by atoms with Gasteiger partial charge in [0.25, 0.3) is 11.8 Å². The highest BCUT2D eigenvalue weighted by molar-refractivity contribution is 5.97. The lowest BCUT2D eigenvalue weighted by Gasteiger charge is -2.10. The summed E-state index contributed by atoms with van der Waals surface area (Å²) >= 11 is 0. The fourth-order valence-corrected chi connectivity index (χ4v) is 2.49. The highest BCUT2D eigenvalue weighted by Gasteiger charge is 2.08. The number of ether oxygens (including phenoxy) is 1. The molecular formula is C21H26N4O4. The van der Waals surface area contributed by atoms with Gasteiger partial charge in [-0.05, 0) is 49.4 Å². The first-order valence-electron chi connectivity index (χ1n) is 9.32. The van der Waals surface area contributed by atoms with Crippen LogP contribution in [0.2, 0.25) is 0 Å². The minimum atomic E-state index is -0.245. The molecule has 2 rings (SSSR count). The molecule has 8 nitrogen and oxygen atoms in total. The number of benzene rings is 2. The molecule has 0 radical (unpaired) electrons. The summed E-state index contributed by atoms with van der Waals surface area (Å²) in [4.78, 5) is 36.0. The summed E-state index contributed by atoms with van der Waals surface area (Å²) < 4.78 is 4.89. The van der Waals surface area contributed by atoms with Gasteiger partial charge in [0.2, 0.25) is 5.91 Å². The summed E-state index contributed by atoms with van der Waals surface area (Å²) in [5, 5.41) is 11.2. The van der Waals surface area contributed by atoms with Crippen molar-refractivity contribution in [1.29, 1.82) is 0 Å². The van der Waals surface area contributed by atoms with Crippen LogP contribution in [0.4, 0.5) is 11.4 Å². The Morgan fingerprint density at radius 3 is 2.31 bits per heavy atom. The Bertz CT molecular complexity index is 837. The first-order chi connectivity index (χ1) is 14.0. The van der Waals surface area contributed by atoms with Crippen molar-refractivity contribution in [2.45, 2.75) is 6.92 Å². The zero-order valence-electron chi connectivity index (χ0n) is 16.6. The van der Waals surface area contributed by atoms with Crippen molar-refractivity contribution in [3.05, 3.63) is 59.7 Å². The fraction of sp³-hybridized carbons (Fsp3) is 0.286. The van der Waals surface area contributed by atoms with Crippen LogP contribution in [0.5, 0.6) is 0 Å². The van der Waals surface area contributed by atoms with Crippen LogP contribution in [0.3, 0.4) is 0 Å². The average molecular weight is 398 g/mol. The van der Waals surface area contributed by atoms with Crippen molar-refractivity contribution in [3.8, 4) is 0 Å². The standard InChI is InChI=1S/C21H26N4O4/c1-3-22-21(28)16-5-4-6-18(13-16)24-14-19(26)25-17-9-7-15(8-10-17)20(27)23-11-12-29-2/h4-10,13,24H,3,11-12,14H2,1-2H3,(H,22,28)(H,23,27)(H,25,26). The van der Waals surface area contributed by atoms with Crippen molar-refractivity contribution >= 4 is 29.1 Å². The van der Waals surface area contributed by atoms with Crippen LogP contribution < -0.4 is 21.3 Å². The summed E-state index contributed by atoms with van der Waals surface area (Å²) in [6.07, 6.45) is 0. The molecule has 0 aromatic heterocycles. The van der Waals surface area contributed by atoms with Gasteiger partial charge in [0, 0.05) is 42.7 Å². The molecule has 0 saturated carbocycles. The van der Waals surface area contributed by atoms with E-state index in [0.717, 1.165) is 0 Å². The van der Waals surface area contributed by atoms with Gasteiger partial charge in [-0.1, -0.05) is 6.07 Å².